The third-order valence-corrected chi connectivity index (χ3v) is 1.38. The van der Waals surface area contributed by atoms with Gasteiger partial charge in [0.05, 0.1) is 5.70 Å². The van der Waals surface area contributed by atoms with Crippen LogP contribution in [0.5, 0.6) is 0 Å². The molecule has 16 heavy (non-hydrogen) atoms. The molecule has 0 bridgehead atoms. The number of hydrogen-bond acceptors (Lipinski definition) is 6. The largest absolute Gasteiger partial charge is 0.505 e. The normalized spacial score (nSPS) is 11.6. The molecule has 0 saturated carbocycles. The molecule has 0 spiro atoms. The Hall–Kier alpha value is -2.44. The number of amides is 1. The third kappa shape index (κ3) is 4.70. The van der Waals surface area contributed by atoms with Gasteiger partial charge in [-0.15, -0.1) is 0 Å². The molecule has 0 aliphatic heterocycles. The van der Waals surface area contributed by atoms with E-state index in [1.54, 1.807) is 7.05 Å². The van der Waals surface area contributed by atoms with E-state index in [1.165, 1.54) is 6.20 Å². The van der Waals surface area contributed by atoms with Gasteiger partial charge in [-0.05, 0) is 0 Å². The molecule has 0 saturated heterocycles. The van der Waals surface area contributed by atoms with Crippen molar-refractivity contribution in [3.05, 3.63) is 23.7 Å². The summed E-state index contributed by atoms with van der Waals surface area (Å²) < 4.78 is 0. The fraction of sp³-hybridized carbons (Fsp3) is 0.111. The number of carbonyl (C=O) groups excluding carboxylic acids is 2. The van der Waals surface area contributed by atoms with Crippen LogP contribution in [0.3, 0.4) is 0 Å². The van der Waals surface area contributed by atoms with Crippen LogP contribution in [0.2, 0.25) is 0 Å². The van der Waals surface area contributed by atoms with E-state index in [2.05, 4.69) is 10.6 Å². The van der Waals surface area contributed by atoms with E-state index in [0.717, 1.165) is 6.21 Å². The van der Waals surface area contributed by atoms with Gasteiger partial charge in [0.15, 0.2) is 6.29 Å². The third-order valence-electron chi connectivity index (χ3n) is 1.38. The Labute approximate surface area is 91.9 Å². The lowest BCUT2D eigenvalue weighted by atomic mass is 10.3. The quantitative estimate of drug-likeness (QED) is 0.180. The van der Waals surface area contributed by atoms with Gasteiger partial charge in [-0.1, -0.05) is 0 Å². The lowest BCUT2D eigenvalue weighted by molar-refractivity contribution is -0.115. The molecule has 7 heteroatoms. The zero-order valence-electron chi connectivity index (χ0n) is 8.57. The lowest BCUT2D eigenvalue weighted by Crippen LogP contribution is -2.23. The van der Waals surface area contributed by atoms with Gasteiger partial charge in [0, 0.05) is 25.5 Å². The molecule has 1 amide bonds. The van der Waals surface area contributed by atoms with Gasteiger partial charge in [-0.3, -0.25) is 15.0 Å². The highest BCUT2D eigenvalue weighted by atomic mass is 16.3. The highest BCUT2D eigenvalue weighted by Crippen LogP contribution is 1.90. The minimum absolute atomic E-state index is 0.111. The molecular weight excluding hydrogens is 212 g/mol. The topological polar surface area (TPSA) is 126 Å². The van der Waals surface area contributed by atoms with E-state index in [9.17, 15) is 9.59 Å². The average Bonchev–Trinajstić information content (AvgIpc) is 2.27. The smallest absolute Gasteiger partial charge is 0.252 e. The molecule has 0 atom stereocenters. The first-order valence-corrected chi connectivity index (χ1v) is 4.18. The second-order valence-corrected chi connectivity index (χ2v) is 2.58. The first-order chi connectivity index (χ1) is 7.54. The summed E-state index contributed by atoms with van der Waals surface area (Å²) in [5.74, 6) is -1.48. The molecule has 0 heterocycles. The maximum Gasteiger partial charge on any atom is 0.252 e. The lowest BCUT2D eigenvalue weighted by Gasteiger charge is -2.02. The Kier molecular flexibility index (Phi) is 5.88. The summed E-state index contributed by atoms with van der Waals surface area (Å²) in [6.07, 6.45) is 3.05. The number of allylic oxidation sites excluding steroid dienone is 2. The van der Waals surface area contributed by atoms with Crippen LogP contribution in [0.25, 0.3) is 0 Å². The van der Waals surface area contributed by atoms with Crippen LogP contribution in [0.1, 0.15) is 0 Å². The highest BCUT2D eigenvalue weighted by molar-refractivity contribution is 6.34. The fourth-order valence-electron chi connectivity index (χ4n) is 0.710. The zero-order valence-corrected chi connectivity index (χ0v) is 8.57. The number of aliphatic hydroxyl groups is 1. The number of nitrogens with one attached hydrogen (secondary N) is 4. The molecule has 0 rings (SSSR count). The molecule has 86 valence electrons. The van der Waals surface area contributed by atoms with Crippen molar-refractivity contribution >= 4 is 24.1 Å². The van der Waals surface area contributed by atoms with Gasteiger partial charge in [0.2, 0.25) is 0 Å². The van der Waals surface area contributed by atoms with Crippen molar-refractivity contribution in [2.24, 2.45) is 0 Å². The van der Waals surface area contributed by atoms with Crippen molar-refractivity contribution in [2.45, 2.75) is 0 Å². The molecule has 5 N–H and O–H groups in total. The van der Waals surface area contributed by atoms with E-state index >= 15 is 0 Å². The van der Waals surface area contributed by atoms with Crippen LogP contribution >= 0.6 is 0 Å². The summed E-state index contributed by atoms with van der Waals surface area (Å²) in [5.41, 5.74) is -0.515. The maximum absolute atomic E-state index is 11.2. The number of rotatable bonds is 6. The van der Waals surface area contributed by atoms with E-state index in [4.69, 9.17) is 15.9 Å². The molecule has 0 aromatic heterocycles. The number of hydrogen-bond donors (Lipinski definition) is 5. The molecule has 0 fully saturated rings. The Morgan fingerprint density at radius 3 is 2.50 bits per heavy atom. The Morgan fingerprint density at radius 1 is 1.44 bits per heavy atom. The summed E-state index contributed by atoms with van der Waals surface area (Å²) in [6.45, 7) is 0. The Morgan fingerprint density at radius 2 is 2.06 bits per heavy atom. The van der Waals surface area contributed by atoms with Crippen molar-refractivity contribution in [1.82, 2.24) is 10.6 Å². The predicted octanol–water partition coefficient (Wildman–Crippen LogP) is -0.526. The first-order valence-electron chi connectivity index (χ1n) is 4.18. The molecule has 0 aliphatic carbocycles. The highest BCUT2D eigenvalue weighted by Gasteiger charge is 2.05. The Bertz CT molecular complexity index is 371. The fourth-order valence-corrected chi connectivity index (χ4v) is 0.710. The molecule has 0 aliphatic rings. The van der Waals surface area contributed by atoms with Gasteiger partial charge in [-0.25, -0.2) is 0 Å². The van der Waals surface area contributed by atoms with Crippen LogP contribution < -0.4 is 10.6 Å². The second-order valence-electron chi connectivity index (χ2n) is 2.58. The predicted molar refractivity (Wildman–Crippen MR) is 58.6 cm³/mol. The van der Waals surface area contributed by atoms with Crippen LogP contribution in [0.4, 0.5) is 0 Å². The number of aliphatic hydroxyl groups excluding tert-OH is 1. The van der Waals surface area contributed by atoms with Gasteiger partial charge < -0.3 is 21.1 Å². The summed E-state index contributed by atoms with van der Waals surface area (Å²) in [6, 6.07) is 0. The van der Waals surface area contributed by atoms with Crippen molar-refractivity contribution < 1.29 is 14.7 Å². The van der Waals surface area contributed by atoms with Crippen molar-refractivity contribution in [1.29, 1.82) is 10.8 Å². The summed E-state index contributed by atoms with van der Waals surface area (Å²) in [4.78, 5) is 21.3. The summed E-state index contributed by atoms with van der Waals surface area (Å²) >= 11 is 0. The van der Waals surface area contributed by atoms with E-state index < -0.39 is 17.4 Å². The number of carbonyl (C=O) groups is 2. The maximum atomic E-state index is 11.2. The minimum Gasteiger partial charge on any atom is -0.505 e. The summed E-state index contributed by atoms with van der Waals surface area (Å²) in [7, 11) is 1.59. The standard InChI is InChI=1S/C9H12N4O3/c1-12-4-6(3-10)13-9(16)2-8(15)7(11)5-14/h2-5,10-12,15H,1H3,(H,13,16)/b6-4+,8-2+,10-3?,11-7?. The van der Waals surface area contributed by atoms with E-state index in [-0.39, 0.29) is 12.0 Å². The van der Waals surface area contributed by atoms with Gasteiger partial charge >= 0.3 is 0 Å². The zero-order chi connectivity index (χ0) is 12.6. The van der Waals surface area contributed by atoms with Crippen LogP contribution in [0.15, 0.2) is 23.7 Å². The van der Waals surface area contributed by atoms with Crippen molar-refractivity contribution in [3.8, 4) is 0 Å². The molecule has 0 aromatic carbocycles. The van der Waals surface area contributed by atoms with Crippen LogP contribution in [-0.4, -0.2) is 36.3 Å². The second kappa shape index (κ2) is 6.93. The molecule has 0 radical (unpaired) electrons. The minimum atomic E-state index is -0.742. The summed E-state index contributed by atoms with van der Waals surface area (Å²) in [5, 5.41) is 27.7. The van der Waals surface area contributed by atoms with Gasteiger partial charge in [-0.2, -0.15) is 0 Å². The monoisotopic (exact) mass is 224 g/mol. The van der Waals surface area contributed by atoms with E-state index in [1.807, 2.05) is 0 Å². The van der Waals surface area contributed by atoms with E-state index in [0.29, 0.717) is 6.08 Å². The molecule has 0 unspecified atom stereocenters. The SMILES string of the molecule is CN/C=C(\C=N)NC(=O)/C=C(/O)C(=N)C=O. The van der Waals surface area contributed by atoms with Gasteiger partial charge in [0.1, 0.15) is 11.5 Å². The van der Waals surface area contributed by atoms with Crippen LogP contribution in [0, 0.1) is 10.8 Å². The van der Waals surface area contributed by atoms with Crippen molar-refractivity contribution in [3.63, 3.8) is 0 Å². The van der Waals surface area contributed by atoms with Crippen molar-refractivity contribution in [2.75, 3.05) is 7.05 Å². The molecule has 7 nitrogen and oxygen atoms in total. The Balaban J connectivity index is 4.60. The average molecular weight is 224 g/mol. The van der Waals surface area contributed by atoms with Gasteiger partial charge in [0.25, 0.3) is 5.91 Å². The van der Waals surface area contributed by atoms with Crippen LogP contribution in [-0.2, 0) is 9.59 Å². The molecule has 0 aromatic rings. The number of aldehydes is 1. The first kappa shape index (κ1) is 13.6. The molecular formula is C9H12N4O3.